The van der Waals surface area contributed by atoms with E-state index in [9.17, 15) is 14.7 Å². The first-order valence-corrected chi connectivity index (χ1v) is 11.0. The summed E-state index contributed by atoms with van der Waals surface area (Å²) in [4.78, 5) is 26.6. The lowest BCUT2D eigenvalue weighted by Crippen LogP contribution is -2.16. The quantitative estimate of drug-likeness (QED) is 0.356. The van der Waals surface area contributed by atoms with E-state index in [1.807, 2.05) is 24.3 Å². The second-order valence-corrected chi connectivity index (χ2v) is 9.06. The zero-order valence-electron chi connectivity index (χ0n) is 17.3. The van der Waals surface area contributed by atoms with Gasteiger partial charge in [0.05, 0.1) is 17.7 Å². The first-order chi connectivity index (χ1) is 13.9. The smallest absolute Gasteiger partial charge is 0.338 e. The summed E-state index contributed by atoms with van der Waals surface area (Å²) in [5, 5.41) is 9.83. The molecule has 0 fully saturated rings. The third-order valence-electron chi connectivity index (χ3n) is 5.31. The Balaban J connectivity index is 1.77. The summed E-state index contributed by atoms with van der Waals surface area (Å²) in [7, 11) is 0. The van der Waals surface area contributed by atoms with Gasteiger partial charge in [0.2, 0.25) is 0 Å². The predicted octanol–water partition coefficient (Wildman–Crippen LogP) is 6.12. The second-order valence-electron chi connectivity index (χ2n) is 7.97. The molecule has 3 rings (SSSR count). The number of carbonyl (C=O) groups is 2. The van der Waals surface area contributed by atoms with Crippen LogP contribution in [0.15, 0.2) is 40.1 Å². The first-order valence-electron chi connectivity index (χ1n) is 10.2. The number of carbonyl (C=O) groups excluding carboxylic acids is 1. The minimum atomic E-state index is -0.998. The number of rotatable bonds is 8. The normalized spacial score (nSPS) is 12.4. The van der Waals surface area contributed by atoms with Gasteiger partial charge >= 0.3 is 11.9 Å². The molecule has 29 heavy (non-hydrogen) atoms. The summed E-state index contributed by atoms with van der Waals surface area (Å²) in [6, 6.07) is 9.78. The summed E-state index contributed by atoms with van der Waals surface area (Å²) in [5.41, 5.74) is 2.97. The summed E-state index contributed by atoms with van der Waals surface area (Å²) >= 11 is 1.52. The molecule has 154 valence electrons. The highest BCUT2D eigenvalue weighted by Gasteiger charge is 2.27. The van der Waals surface area contributed by atoms with Gasteiger partial charge in [0.15, 0.2) is 0 Å². The van der Waals surface area contributed by atoms with Crippen molar-refractivity contribution in [3.8, 4) is 0 Å². The highest BCUT2D eigenvalue weighted by Crippen LogP contribution is 2.42. The van der Waals surface area contributed by atoms with Gasteiger partial charge in [0.1, 0.15) is 0 Å². The minimum Gasteiger partial charge on any atom is -0.478 e. The van der Waals surface area contributed by atoms with Crippen LogP contribution in [0.3, 0.4) is 0 Å². The Morgan fingerprint density at radius 3 is 2.62 bits per heavy atom. The number of aromatic carboxylic acids is 1. The van der Waals surface area contributed by atoms with Gasteiger partial charge in [-0.1, -0.05) is 63.1 Å². The second kappa shape index (κ2) is 9.49. The van der Waals surface area contributed by atoms with Crippen molar-refractivity contribution in [2.45, 2.75) is 62.7 Å². The maximum absolute atomic E-state index is 12.7. The third kappa shape index (κ3) is 5.02. The molecule has 4 nitrogen and oxygen atoms in total. The van der Waals surface area contributed by atoms with Crippen LogP contribution in [0.4, 0.5) is 0 Å². The standard InChI is InChI=1S/C24H28O4S/c1-15(2)9-5-4-8-12-28-24(27)18-14-21-19(22(16(18)3)23(25)26)13-17-10-6-7-11-20(17)29-21/h6-7,10-11,14-15H,4-5,8-9,12-13H2,1-3H3,(H,25,26). The summed E-state index contributed by atoms with van der Waals surface area (Å²) in [6.07, 6.45) is 4.73. The van der Waals surface area contributed by atoms with Gasteiger partial charge in [-0.2, -0.15) is 0 Å². The van der Waals surface area contributed by atoms with Crippen molar-refractivity contribution in [3.05, 3.63) is 58.1 Å². The molecule has 0 unspecified atom stereocenters. The molecule has 0 aliphatic carbocycles. The van der Waals surface area contributed by atoms with E-state index in [1.54, 1.807) is 13.0 Å². The van der Waals surface area contributed by atoms with Gasteiger partial charge in [-0.15, -0.1) is 0 Å². The number of esters is 1. The van der Waals surface area contributed by atoms with Gasteiger partial charge in [0, 0.05) is 16.2 Å². The monoisotopic (exact) mass is 412 g/mol. The van der Waals surface area contributed by atoms with Crippen molar-refractivity contribution in [1.82, 2.24) is 0 Å². The lowest BCUT2D eigenvalue weighted by molar-refractivity contribution is 0.0496. The van der Waals surface area contributed by atoms with Crippen LogP contribution in [-0.4, -0.2) is 23.7 Å². The molecule has 0 saturated carbocycles. The van der Waals surface area contributed by atoms with Crippen molar-refractivity contribution in [3.63, 3.8) is 0 Å². The number of hydrogen-bond donors (Lipinski definition) is 1. The molecule has 1 heterocycles. The summed E-state index contributed by atoms with van der Waals surface area (Å²) < 4.78 is 5.47. The summed E-state index contributed by atoms with van der Waals surface area (Å²) in [6.45, 7) is 6.48. The lowest BCUT2D eigenvalue weighted by atomic mass is 9.92. The van der Waals surface area contributed by atoms with Crippen LogP contribution in [0.1, 0.15) is 76.9 Å². The van der Waals surface area contributed by atoms with Crippen LogP contribution < -0.4 is 0 Å². The molecule has 5 heteroatoms. The van der Waals surface area contributed by atoms with Crippen LogP contribution in [0.5, 0.6) is 0 Å². The zero-order valence-corrected chi connectivity index (χ0v) is 18.1. The molecule has 0 spiro atoms. The van der Waals surface area contributed by atoms with Crippen LogP contribution in [-0.2, 0) is 11.2 Å². The molecule has 2 aromatic carbocycles. The van der Waals surface area contributed by atoms with Gasteiger partial charge in [0.25, 0.3) is 0 Å². The number of unbranched alkanes of at least 4 members (excludes halogenated alkanes) is 2. The topological polar surface area (TPSA) is 63.6 Å². The highest BCUT2D eigenvalue weighted by atomic mass is 32.2. The number of benzene rings is 2. The SMILES string of the molecule is Cc1c(C(=O)OCCCCCC(C)C)cc2c(c1C(=O)O)Cc1ccccc1S2. The minimum absolute atomic E-state index is 0.230. The number of carboxylic acid groups (broad SMARTS) is 1. The third-order valence-corrected chi connectivity index (χ3v) is 6.51. The molecule has 0 amide bonds. The van der Waals surface area contributed by atoms with E-state index in [1.165, 1.54) is 18.2 Å². The van der Waals surface area contributed by atoms with Crippen LogP contribution in [0.2, 0.25) is 0 Å². The van der Waals surface area contributed by atoms with Crippen molar-refractivity contribution in [2.24, 2.45) is 5.92 Å². The molecule has 2 aromatic rings. The average Bonchev–Trinajstić information content (AvgIpc) is 2.68. The molecule has 0 aromatic heterocycles. The molecule has 0 bridgehead atoms. The Labute approximate surface area is 176 Å². The lowest BCUT2D eigenvalue weighted by Gasteiger charge is -2.23. The molecule has 1 aliphatic heterocycles. The Hall–Kier alpha value is -2.27. The molecule has 1 N–H and O–H groups in total. The fourth-order valence-corrected chi connectivity index (χ4v) is 4.84. The van der Waals surface area contributed by atoms with Crippen LogP contribution in [0.25, 0.3) is 0 Å². The fourth-order valence-electron chi connectivity index (χ4n) is 3.71. The van der Waals surface area contributed by atoms with E-state index in [4.69, 9.17) is 4.74 Å². The highest BCUT2D eigenvalue weighted by molar-refractivity contribution is 7.99. The number of ether oxygens (including phenoxy) is 1. The van der Waals surface area contributed by atoms with E-state index in [0.717, 1.165) is 40.2 Å². The van der Waals surface area contributed by atoms with E-state index in [2.05, 4.69) is 13.8 Å². The molecular formula is C24H28O4S. The van der Waals surface area contributed by atoms with Crippen LogP contribution >= 0.6 is 11.8 Å². The van der Waals surface area contributed by atoms with Crippen molar-refractivity contribution in [1.29, 1.82) is 0 Å². The van der Waals surface area contributed by atoms with Crippen LogP contribution in [0, 0.1) is 12.8 Å². The molecule has 0 radical (unpaired) electrons. The van der Waals surface area contributed by atoms with E-state index in [-0.39, 0.29) is 5.56 Å². The summed E-state index contributed by atoms with van der Waals surface area (Å²) in [5.74, 6) is -0.744. The fraction of sp³-hybridized carbons (Fsp3) is 0.417. The average molecular weight is 413 g/mol. The van der Waals surface area contributed by atoms with E-state index < -0.39 is 11.9 Å². The van der Waals surface area contributed by atoms with E-state index >= 15 is 0 Å². The number of carboxylic acids is 1. The van der Waals surface area contributed by atoms with Crippen molar-refractivity contribution >= 4 is 23.7 Å². The van der Waals surface area contributed by atoms with Gasteiger partial charge in [-0.25, -0.2) is 9.59 Å². The Kier molecular flexibility index (Phi) is 7.01. The van der Waals surface area contributed by atoms with Gasteiger partial charge < -0.3 is 9.84 Å². The van der Waals surface area contributed by atoms with Gasteiger partial charge in [-0.05, 0) is 48.1 Å². The van der Waals surface area contributed by atoms with Crippen molar-refractivity contribution in [2.75, 3.05) is 6.61 Å². The predicted molar refractivity (Wildman–Crippen MR) is 115 cm³/mol. The van der Waals surface area contributed by atoms with Crippen molar-refractivity contribution < 1.29 is 19.4 Å². The maximum Gasteiger partial charge on any atom is 0.338 e. The first kappa shape index (κ1) is 21.4. The van der Waals surface area contributed by atoms with E-state index in [0.29, 0.717) is 30.1 Å². The molecular weight excluding hydrogens is 384 g/mol. The maximum atomic E-state index is 12.7. The largest absolute Gasteiger partial charge is 0.478 e. The van der Waals surface area contributed by atoms with Gasteiger partial charge in [-0.3, -0.25) is 0 Å². The Morgan fingerprint density at radius 1 is 1.14 bits per heavy atom. The molecule has 0 saturated heterocycles. The number of hydrogen-bond acceptors (Lipinski definition) is 4. The Morgan fingerprint density at radius 2 is 1.90 bits per heavy atom. The Bertz CT molecular complexity index is 917. The zero-order chi connectivity index (χ0) is 21.0. The number of fused-ring (bicyclic) bond motifs is 2. The molecule has 1 aliphatic rings. The molecule has 0 atom stereocenters.